The van der Waals surface area contributed by atoms with E-state index in [0.29, 0.717) is 28.8 Å². The number of carbonyl (C=O) groups is 1. The summed E-state index contributed by atoms with van der Waals surface area (Å²) in [6.45, 7) is 6.58. The van der Waals surface area contributed by atoms with Gasteiger partial charge in [-0.15, -0.1) is 0 Å². The molecule has 0 saturated heterocycles. The van der Waals surface area contributed by atoms with Crippen LogP contribution in [0.1, 0.15) is 22.3 Å². The highest BCUT2D eigenvalue weighted by molar-refractivity contribution is 14.1. The lowest BCUT2D eigenvalue weighted by molar-refractivity contribution is -0.118. The molecular weight excluding hydrogens is 539 g/mol. The predicted octanol–water partition coefficient (Wildman–Crippen LogP) is 6.51. The maximum absolute atomic E-state index is 12.3. The van der Waals surface area contributed by atoms with Crippen LogP contribution in [0.2, 0.25) is 5.02 Å². The molecule has 1 amide bonds. The minimum Gasteiger partial charge on any atom is -0.493 e. The molecule has 0 fully saturated rings. The van der Waals surface area contributed by atoms with Gasteiger partial charge in [-0.05, 0) is 90.4 Å². The van der Waals surface area contributed by atoms with E-state index >= 15 is 0 Å². The molecule has 32 heavy (non-hydrogen) atoms. The summed E-state index contributed by atoms with van der Waals surface area (Å²) in [6, 6.07) is 15.7. The first-order valence-electron chi connectivity index (χ1n) is 10.1. The van der Waals surface area contributed by atoms with Crippen LogP contribution in [0.3, 0.4) is 0 Å². The first kappa shape index (κ1) is 24.2. The molecule has 7 heteroatoms. The summed E-state index contributed by atoms with van der Waals surface area (Å²) in [5.41, 5.74) is 6.17. The highest BCUT2D eigenvalue weighted by Crippen LogP contribution is 2.34. The standard InChI is InChI=1S/C25H26ClIN2O3/c1-15-5-8-22(17(3)9-15)28-13-18-10-21(27)25(23(11-18)31-4)32-14-24(30)29-19-7-6-16(2)20(26)12-19/h5-12,28H,13-14H2,1-4H3,(H,29,30). The van der Waals surface area contributed by atoms with Crippen LogP contribution in [-0.4, -0.2) is 19.6 Å². The molecule has 0 aromatic heterocycles. The zero-order valence-electron chi connectivity index (χ0n) is 18.5. The van der Waals surface area contributed by atoms with Gasteiger partial charge in [0.15, 0.2) is 18.1 Å². The molecule has 0 saturated carbocycles. The molecule has 0 heterocycles. The maximum atomic E-state index is 12.3. The Bertz CT molecular complexity index is 1130. The first-order chi connectivity index (χ1) is 15.3. The van der Waals surface area contributed by atoms with Crippen LogP contribution in [0.4, 0.5) is 11.4 Å². The third-order valence-corrected chi connectivity index (χ3v) is 6.17. The lowest BCUT2D eigenvalue weighted by Gasteiger charge is -2.16. The van der Waals surface area contributed by atoms with E-state index in [1.807, 2.05) is 25.1 Å². The average molecular weight is 565 g/mol. The summed E-state index contributed by atoms with van der Waals surface area (Å²) in [5.74, 6) is 0.851. The lowest BCUT2D eigenvalue weighted by Crippen LogP contribution is -2.20. The molecule has 5 nitrogen and oxygen atoms in total. The van der Waals surface area contributed by atoms with E-state index in [9.17, 15) is 4.79 Å². The monoisotopic (exact) mass is 564 g/mol. The number of anilines is 2. The van der Waals surface area contributed by atoms with Crippen LogP contribution in [0.5, 0.6) is 11.5 Å². The van der Waals surface area contributed by atoms with E-state index in [4.69, 9.17) is 21.1 Å². The van der Waals surface area contributed by atoms with E-state index in [0.717, 1.165) is 20.4 Å². The number of ether oxygens (including phenoxy) is 2. The Morgan fingerprint density at radius 3 is 2.50 bits per heavy atom. The van der Waals surface area contributed by atoms with E-state index in [-0.39, 0.29) is 12.5 Å². The van der Waals surface area contributed by atoms with E-state index in [1.165, 1.54) is 11.1 Å². The number of carbonyl (C=O) groups excluding carboxylic acids is 1. The number of amides is 1. The van der Waals surface area contributed by atoms with Crippen molar-refractivity contribution in [3.63, 3.8) is 0 Å². The number of rotatable bonds is 8. The number of benzene rings is 3. The fraction of sp³-hybridized carbons (Fsp3) is 0.240. The van der Waals surface area contributed by atoms with Crippen molar-refractivity contribution in [2.45, 2.75) is 27.3 Å². The van der Waals surface area contributed by atoms with Gasteiger partial charge in [0.1, 0.15) is 0 Å². The molecule has 0 bridgehead atoms. The highest BCUT2D eigenvalue weighted by Gasteiger charge is 2.14. The fourth-order valence-corrected chi connectivity index (χ4v) is 4.23. The van der Waals surface area contributed by atoms with Crippen LogP contribution in [0, 0.1) is 24.3 Å². The fourth-order valence-electron chi connectivity index (χ4n) is 3.23. The number of halogens is 2. The molecule has 0 aliphatic carbocycles. The number of methoxy groups -OCH3 is 1. The number of hydrogen-bond acceptors (Lipinski definition) is 4. The van der Waals surface area contributed by atoms with Crippen LogP contribution in [-0.2, 0) is 11.3 Å². The Labute approximate surface area is 207 Å². The van der Waals surface area contributed by atoms with Crippen molar-refractivity contribution in [3.8, 4) is 11.5 Å². The van der Waals surface area contributed by atoms with Gasteiger partial charge >= 0.3 is 0 Å². The van der Waals surface area contributed by atoms with Gasteiger partial charge in [-0.1, -0.05) is 35.4 Å². The largest absolute Gasteiger partial charge is 0.493 e. The third kappa shape index (κ3) is 6.29. The van der Waals surface area contributed by atoms with Crippen molar-refractivity contribution in [2.75, 3.05) is 24.4 Å². The van der Waals surface area contributed by atoms with Crippen molar-refractivity contribution >= 4 is 51.5 Å². The second-order valence-electron chi connectivity index (χ2n) is 7.58. The predicted molar refractivity (Wildman–Crippen MR) is 139 cm³/mol. The van der Waals surface area contributed by atoms with E-state index < -0.39 is 0 Å². The summed E-state index contributed by atoms with van der Waals surface area (Å²) < 4.78 is 12.2. The van der Waals surface area contributed by atoms with Crippen molar-refractivity contribution in [1.29, 1.82) is 0 Å². The minimum absolute atomic E-state index is 0.141. The Hall–Kier alpha value is -2.45. The van der Waals surface area contributed by atoms with Crippen molar-refractivity contribution in [2.24, 2.45) is 0 Å². The van der Waals surface area contributed by atoms with Gasteiger partial charge in [0.25, 0.3) is 5.91 Å². The quantitative estimate of drug-likeness (QED) is 0.306. The summed E-state index contributed by atoms with van der Waals surface area (Å²) in [5, 5.41) is 6.86. The van der Waals surface area contributed by atoms with Gasteiger partial charge in [0.05, 0.1) is 10.7 Å². The van der Waals surface area contributed by atoms with Gasteiger partial charge in [0, 0.05) is 22.9 Å². The van der Waals surface area contributed by atoms with Crippen molar-refractivity contribution in [3.05, 3.63) is 79.4 Å². The van der Waals surface area contributed by atoms with Gasteiger partial charge in [-0.2, -0.15) is 0 Å². The smallest absolute Gasteiger partial charge is 0.262 e. The van der Waals surface area contributed by atoms with E-state index in [1.54, 1.807) is 19.2 Å². The number of aryl methyl sites for hydroxylation is 3. The van der Waals surface area contributed by atoms with Gasteiger partial charge < -0.3 is 20.1 Å². The molecular formula is C25H26ClIN2O3. The maximum Gasteiger partial charge on any atom is 0.262 e. The van der Waals surface area contributed by atoms with Gasteiger partial charge in [-0.3, -0.25) is 4.79 Å². The second kappa shape index (κ2) is 10.9. The lowest BCUT2D eigenvalue weighted by atomic mass is 10.1. The third-order valence-electron chi connectivity index (χ3n) is 4.96. The normalized spacial score (nSPS) is 10.6. The zero-order valence-corrected chi connectivity index (χ0v) is 21.4. The molecule has 0 radical (unpaired) electrons. The number of hydrogen-bond donors (Lipinski definition) is 2. The molecule has 3 aromatic rings. The first-order valence-corrected chi connectivity index (χ1v) is 11.6. The molecule has 0 atom stereocenters. The van der Waals surface area contributed by atoms with E-state index in [2.05, 4.69) is 65.3 Å². The zero-order chi connectivity index (χ0) is 23.3. The molecule has 0 aliphatic rings. The SMILES string of the molecule is COc1cc(CNc2ccc(C)cc2C)cc(I)c1OCC(=O)Nc1ccc(C)c(Cl)c1. The molecule has 168 valence electrons. The highest BCUT2D eigenvalue weighted by atomic mass is 127. The summed E-state index contributed by atoms with van der Waals surface area (Å²) in [7, 11) is 1.59. The van der Waals surface area contributed by atoms with Crippen LogP contribution < -0.4 is 20.1 Å². The molecule has 0 unspecified atom stereocenters. The molecule has 2 N–H and O–H groups in total. The molecule has 0 aliphatic heterocycles. The minimum atomic E-state index is -0.275. The van der Waals surface area contributed by atoms with Crippen LogP contribution >= 0.6 is 34.2 Å². The van der Waals surface area contributed by atoms with Crippen LogP contribution in [0.25, 0.3) is 0 Å². The number of nitrogens with one attached hydrogen (secondary N) is 2. The Morgan fingerprint density at radius 2 is 1.81 bits per heavy atom. The Kier molecular flexibility index (Phi) is 8.26. The average Bonchev–Trinajstić information content (AvgIpc) is 2.74. The molecule has 3 aromatic carbocycles. The van der Waals surface area contributed by atoms with Crippen molar-refractivity contribution < 1.29 is 14.3 Å². The summed E-state index contributed by atoms with van der Waals surface area (Å²) in [4.78, 5) is 12.3. The molecule has 3 rings (SSSR count). The Balaban J connectivity index is 1.65. The van der Waals surface area contributed by atoms with Crippen LogP contribution in [0.15, 0.2) is 48.5 Å². The van der Waals surface area contributed by atoms with Crippen molar-refractivity contribution in [1.82, 2.24) is 0 Å². The topological polar surface area (TPSA) is 59.6 Å². The van der Waals surface area contributed by atoms with Gasteiger partial charge in [0.2, 0.25) is 0 Å². The summed E-state index contributed by atoms with van der Waals surface area (Å²) in [6.07, 6.45) is 0. The second-order valence-corrected chi connectivity index (χ2v) is 9.15. The van der Waals surface area contributed by atoms with Gasteiger partial charge in [-0.25, -0.2) is 0 Å². The Morgan fingerprint density at radius 1 is 1.03 bits per heavy atom. The molecule has 0 spiro atoms. The summed E-state index contributed by atoms with van der Waals surface area (Å²) >= 11 is 8.32.